The van der Waals surface area contributed by atoms with E-state index < -0.39 is 0 Å². The van der Waals surface area contributed by atoms with Gasteiger partial charge in [-0.25, -0.2) is 0 Å². The predicted molar refractivity (Wildman–Crippen MR) is 80.1 cm³/mol. The first-order chi connectivity index (χ1) is 8.59. The molecule has 2 rings (SSSR count). The molecule has 102 valence electrons. The van der Waals surface area contributed by atoms with Crippen LogP contribution in [0.4, 0.5) is 0 Å². The van der Waals surface area contributed by atoms with Crippen LogP contribution >= 0.6 is 11.3 Å². The maximum Gasteiger partial charge on any atom is 0.0330 e. The summed E-state index contributed by atoms with van der Waals surface area (Å²) in [5.41, 5.74) is 0.444. The molecule has 0 saturated carbocycles. The third-order valence-corrected chi connectivity index (χ3v) is 4.80. The van der Waals surface area contributed by atoms with Crippen LogP contribution in [0.3, 0.4) is 0 Å². The molecule has 0 radical (unpaired) electrons. The molecule has 1 aliphatic rings. The lowest BCUT2D eigenvalue weighted by Gasteiger charge is -2.40. The molecule has 2 nitrogen and oxygen atoms in total. The summed E-state index contributed by atoms with van der Waals surface area (Å²) in [6.45, 7) is 11.7. The first-order valence-electron chi connectivity index (χ1n) is 7.06. The summed E-state index contributed by atoms with van der Waals surface area (Å²) < 4.78 is 0. The van der Waals surface area contributed by atoms with Crippen LogP contribution in [0, 0.1) is 5.41 Å². The minimum Gasteiger partial charge on any atom is -0.316 e. The van der Waals surface area contributed by atoms with Crippen molar-refractivity contribution in [2.75, 3.05) is 19.6 Å². The van der Waals surface area contributed by atoms with Crippen molar-refractivity contribution in [1.82, 2.24) is 10.2 Å². The Hall–Kier alpha value is -0.380. The van der Waals surface area contributed by atoms with Gasteiger partial charge in [0.05, 0.1) is 0 Å². The third-order valence-electron chi connectivity index (χ3n) is 3.94. The second-order valence-corrected chi connectivity index (χ2v) is 7.20. The molecule has 1 saturated heterocycles. The van der Waals surface area contributed by atoms with Crippen molar-refractivity contribution in [3.05, 3.63) is 22.4 Å². The van der Waals surface area contributed by atoms with E-state index in [2.05, 4.69) is 48.5 Å². The highest BCUT2D eigenvalue weighted by Gasteiger charge is 2.29. The average Bonchev–Trinajstić information content (AvgIpc) is 2.81. The fraction of sp³-hybridized carbons (Fsp3) is 0.733. The van der Waals surface area contributed by atoms with Crippen LogP contribution in [0.15, 0.2) is 17.5 Å². The lowest BCUT2D eigenvalue weighted by atomic mass is 9.82. The summed E-state index contributed by atoms with van der Waals surface area (Å²) in [5.74, 6) is 0. The van der Waals surface area contributed by atoms with Gasteiger partial charge in [0.1, 0.15) is 0 Å². The van der Waals surface area contributed by atoms with E-state index in [0.29, 0.717) is 11.5 Å². The summed E-state index contributed by atoms with van der Waals surface area (Å²) in [4.78, 5) is 4.11. The van der Waals surface area contributed by atoms with Crippen LogP contribution in [0.25, 0.3) is 0 Å². The summed E-state index contributed by atoms with van der Waals surface area (Å²) in [6.07, 6.45) is 2.68. The largest absolute Gasteiger partial charge is 0.316 e. The van der Waals surface area contributed by atoms with E-state index in [0.717, 1.165) is 6.54 Å². The number of nitrogens with one attached hydrogen (secondary N) is 1. The fourth-order valence-corrected chi connectivity index (χ4v) is 3.50. The first-order valence-corrected chi connectivity index (χ1v) is 7.94. The Morgan fingerprint density at radius 3 is 2.89 bits per heavy atom. The Morgan fingerprint density at radius 2 is 2.33 bits per heavy atom. The lowest BCUT2D eigenvalue weighted by Crippen LogP contribution is -2.47. The van der Waals surface area contributed by atoms with Crippen molar-refractivity contribution >= 4 is 11.3 Å². The molecule has 0 bridgehead atoms. The zero-order valence-corrected chi connectivity index (χ0v) is 12.7. The summed E-state index contributed by atoms with van der Waals surface area (Å²) >= 11 is 1.87. The minimum atomic E-state index is 0.444. The van der Waals surface area contributed by atoms with Crippen molar-refractivity contribution in [1.29, 1.82) is 0 Å². The summed E-state index contributed by atoms with van der Waals surface area (Å²) in [5, 5.41) is 5.73. The monoisotopic (exact) mass is 266 g/mol. The third kappa shape index (κ3) is 3.81. The van der Waals surface area contributed by atoms with Crippen LogP contribution in [-0.2, 0) is 6.54 Å². The van der Waals surface area contributed by atoms with Crippen molar-refractivity contribution in [2.24, 2.45) is 5.41 Å². The standard InChI is InChI=1S/C15H26N2S/c1-13(2)17(10-14-6-4-9-18-14)12-15(3)7-5-8-16-11-15/h4,6,9,13,16H,5,7-8,10-12H2,1-3H3. The molecule has 18 heavy (non-hydrogen) atoms. The van der Waals surface area contributed by atoms with Crippen LogP contribution in [0.2, 0.25) is 0 Å². The summed E-state index contributed by atoms with van der Waals surface area (Å²) in [6, 6.07) is 5.02. The van der Waals surface area contributed by atoms with E-state index in [1.165, 1.54) is 37.4 Å². The highest BCUT2D eigenvalue weighted by molar-refractivity contribution is 7.09. The van der Waals surface area contributed by atoms with Crippen LogP contribution in [-0.4, -0.2) is 30.6 Å². The molecule has 2 heterocycles. The van der Waals surface area contributed by atoms with Gasteiger partial charge in [0.2, 0.25) is 0 Å². The van der Waals surface area contributed by atoms with Gasteiger partial charge < -0.3 is 5.32 Å². The van der Waals surface area contributed by atoms with Gasteiger partial charge in [0.15, 0.2) is 0 Å². The maximum atomic E-state index is 3.55. The molecule has 1 fully saturated rings. The molecule has 0 spiro atoms. The molecule has 1 aromatic heterocycles. The van der Waals surface area contributed by atoms with E-state index >= 15 is 0 Å². The molecule has 1 aliphatic heterocycles. The topological polar surface area (TPSA) is 15.3 Å². The maximum absolute atomic E-state index is 3.55. The highest BCUT2D eigenvalue weighted by Crippen LogP contribution is 2.28. The smallest absolute Gasteiger partial charge is 0.0330 e. The molecule has 1 unspecified atom stereocenters. The average molecular weight is 266 g/mol. The number of nitrogens with zero attached hydrogens (tertiary/aromatic N) is 1. The Morgan fingerprint density at radius 1 is 1.50 bits per heavy atom. The molecule has 1 atom stereocenters. The zero-order valence-electron chi connectivity index (χ0n) is 11.9. The lowest BCUT2D eigenvalue weighted by molar-refractivity contribution is 0.104. The summed E-state index contributed by atoms with van der Waals surface area (Å²) in [7, 11) is 0. The second-order valence-electron chi connectivity index (χ2n) is 6.17. The van der Waals surface area contributed by atoms with Crippen molar-refractivity contribution in [2.45, 2.75) is 46.2 Å². The Kier molecular flexibility index (Phi) is 4.82. The van der Waals surface area contributed by atoms with E-state index in [-0.39, 0.29) is 0 Å². The SMILES string of the molecule is CC(C)N(Cc1cccs1)CC1(C)CCCNC1. The van der Waals surface area contributed by atoms with Gasteiger partial charge in [-0.05, 0) is 50.1 Å². The van der Waals surface area contributed by atoms with Gasteiger partial charge in [-0.2, -0.15) is 0 Å². The van der Waals surface area contributed by atoms with Gasteiger partial charge >= 0.3 is 0 Å². The predicted octanol–water partition coefficient (Wildman–Crippen LogP) is 3.35. The Labute approximate surface area is 115 Å². The van der Waals surface area contributed by atoms with Gasteiger partial charge in [-0.3, -0.25) is 4.90 Å². The van der Waals surface area contributed by atoms with Crippen molar-refractivity contribution < 1.29 is 0 Å². The van der Waals surface area contributed by atoms with Gasteiger partial charge in [-0.1, -0.05) is 13.0 Å². The quantitative estimate of drug-likeness (QED) is 0.879. The van der Waals surface area contributed by atoms with Crippen molar-refractivity contribution in [3.8, 4) is 0 Å². The molecule has 0 amide bonds. The van der Waals surface area contributed by atoms with Gasteiger partial charge in [0.25, 0.3) is 0 Å². The van der Waals surface area contributed by atoms with Crippen LogP contribution in [0.5, 0.6) is 0 Å². The Balaban J connectivity index is 1.97. The van der Waals surface area contributed by atoms with Crippen molar-refractivity contribution in [3.63, 3.8) is 0 Å². The van der Waals surface area contributed by atoms with E-state index in [9.17, 15) is 0 Å². The molecule has 1 N–H and O–H groups in total. The van der Waals surface area contributed by atoms with E-state index in [1.54, 1.807) is 0 Å². The Bertz CT molecular complexity index is 339. The van der Waals surface area contributed by atoms with E-state index in [4.69, 9.17) is 0 Å². The molecular formula is C15H26N2S. The number of piperidine rings is 1. The van der Waals surface area contributed by atoms with Gasteiger partial charge in [-0.15, -0.1) is 11.3 Å². The van der Waals surface area contributed by atoms with Crippen LogP contribution in [0.1, 0.15) is 38.5 Å². The fourth-order valence-electron chi connectivity index (χ4n) is 2.77. The minimum absolute atomic E-state index is 0.444. The molecule has 0 aliphatic carbocycles. The second kappa shape index (κ2) is 6.18. The molecule has 3 heteroatoms. The first kappa shape index (κ1) is 14.0. The number of hydrogen-bond acceptors (Lipinski definition) is 3. The van der Waals surface area contributed by atoms with Gasteiger partial charge in [0, 0.05) is 30.6 Å². The zero-order chi connectivity index (χ0) is 13.0. The number of thiophene rings is 1. The number of rotatable bonds is 5. The highest BCUT2D eigenvalue weighted by atomic mass is 32.1. The molecule has 1 aromatic rings. The van der Waals surface area contributed by atoms with Crippen LogP contribution < -0.4 is 5.32 Å². The normalized spacial score (nSPS) is 24.9. The molecular weight excluding hydrogens is 240 g/mol. The molecule has 0 aromatic carbocycles. The number of hydrogen-bond donors (Lipinski definition) is 1. The van der Waals surface area contributed by atoms with E-state index in [1.807, 2.05) is 11.3 Å².